The number of oxazole rings is 1. The van der Waals surface area contributed by atoms with Crippen LogP contribution in [-0.2, 0) is 11.2 Å². The fourth-order valence-corrected chi connectivity index (χ4v) is 3.62. The van der Waals surface area contributed by atoms with E-state index >= 15 is 0 Å². The van der Waals surface area contributed by atoms with Crippen LogP contribution in [-0.4, -0.2) is 40.1 Å². The molecule has 1 unspecified atom stereocenters. The van der Waals surface area contributed by atoms with Gasteiger partial charge < -0.3 is 14.4 Å². The zero-order chi connectivity index (χ0) is 16.4. The smallest absolute Gasteiger partial charge is 0.228 e. The Balaban J connectivity index is 1.62. The highest BCUT2D eigenvalue weighted by atomic mass is 32.1. The first-order valence-corrected chi connectivity index (χ1v) is 8.93. The van der Waals surface area contributed by atoms with Crippen molar-refractivity contribution in [1.29, 1.82) is 0 Å². The third kappa shape index (κ3) is 3.64. The molecule has 1 amide bonds. The minimum atomic E-state index is -0.293. The molecule has 1 aliphatic heterocycles. The summed E-state index contributed by atoms with van der Waals surface area (Å²) < 4.78 is 5.69. The van der Waals surface area contributed by atoms with Gasteiger partial charge in [-0.2, -0.15) is 11.3 Å². The first kappa shape index (κ1) is 16.2. The fraction of sp³-hybridized carbons (Fsp3) is 0.529. The molecule has 1 fully saturated rings. The highest BCUT2D eigenvalue weighted by molar-refractivity contribution is 7.08. The van der Waals surface area contributed by atoms with Gasteiger partial charge in [0.15, 0.2) is 0 Å². The van der Waals surface area contributed by atoms with Crippen molar-refractivity contribution in [2.24, 2.45) is 5.92 Å². The molecule has 1 N–H and O–H groups in total. The maximum absolute atomic E-state index is 12.5. The van der Waals surface area contributed by atoms with Gasteiger partial charge in [0.1, 0.15) is 5.76 Å². The summed E-state index contributed by atoms with van der Waals surface area (Å²) in [7, 11) is 0. The summed E-state index contributed by atoms with van der Waals surface area (Å²) in [6.07, 6.45) is 1.71. The Bertz CT molecular complexity index is 655. The van der Waals surface area contributed by atoms with Gasteiger partial charge in [0, 0.05) is 24.0 Å². The average molecular weight is 334 g/mol. The normalized spacial score (nSPS) is 17.4. The van der Waals surface area contributed by atoms with Gasteiger partial charge in [-0.3, -0.25) is 4.79 Å². The fourth-order valence-electron chi connectivity index (χ4n) is 2.99. The minimum Gasteiger partial charge on any atom is -0.441 e. The molecule has 1 atom stereocenters. The van der Waals surface area contributed by atoms with E-state index in [-0.39, 0.29) is 18.4 Å². The molecule has 1 saturated heterocycles. The molecule has 3 rings (SSSR count). The van der Waals surface area contributed by atoms with Crippen LogP contribution in [0.25, 0.3) is 11.5 Å². The van der Waals surface area contributed by atoms with Crippen molar-refractivity contribution in [3.63, 3.8) is 0 Å². The number of aliphatic hydroxyl groups excluding tert-OH is 1. The van der Waals surface area contributed by atoms with Crippen LogP contribution in [0.1, 0.15) is 31.2 Å². The Kier molecular flexibility index (Phi) is 4.82. The predicted molar refractivity (Wildman–Crippen MR) is 89.2 cm³/mol. The SMILES string of the molecule is Cc1oc(-c2ccsc2)nc1CC(=O)N1CCC(C(C)O)CC1. The number of amides is 1. The van der Waals surface area contributed by atoms with Crippen molar-refractivity contribution < 1.29 is 14.3 Å². The maximum atomic E-state index is 12.5. The van der Waals surface area contributed by atoms with Gasteiger partial charge >= 0.3 is 0 Å². The molecule has 23 heavy (non-hydrogen) atoms. The van der Waals surface area contributed by atoms with Gasteiger partial charge in [0.05, 0.1) is 18.2 Å². The lowest BCUT2D eigenvalue weighted by Crippen LogP contribution is -2.41. The molecule has 0 aliphatic carbocycles. The number of hydrogen-bond donors (Lipinski definition) is 1. The zero-order valence-electron chi connectivity index (χ0n) is 13.5. The standard InChI is InChI=1S/C17H22N2O3S/c1-11(20)13-3-6-19(7-4-13)16(21)9-15-12(2)22-17(18-15)14-5-8-23-10-14/h5,8,10-11,13,20H,3-4,6-7,9H2,1-2H3. The van der Waals surface area contributed by atoms with Gasteiger partial charge in [0.2, 0.25) is 11.8 Å². The van der Waals surface area contributed by atoms with Gasteiger partial charge in [-0.05, 0) is 44.1 Å². The number of likely N-dealkylation sites (tertiary alicyclic amines) is 1. The average Bonchev–Trinajstić information content (AvgIpc) is 3.18. The molecule has 0 saturated carbocycles. The van der Waals surface area contributed by atoms with Crippen LogP contribution < -0.4 is 0 Å². The van der Waals surface area contributed by atoms with E-state index in [1.54, 1.807) is 11.3 Å². The van der Waals surface area contributed by atoms with Crippen LogP contribution >= 0.6 is 11.3 Å². The van der Waals surface area contributed by atoms with E-state index in [1.807, 2.05) is 35.6 Å². The Morgan fingerprint density at radius 3 is 2.87 bits per heavy atom. The summed E-state index contributed by atoms with van der Waals surface area (Å²) in [6, 6.07) is 1.96. The Morgan fingerprint density at radius 1 is 1.52 bits per heavy atom. The summed E-state index contributed by atoms with van der Waals surface area (Å²) in [5, 5.41) is 13.6. The molecule has 0 spiro atoms. The molecule has 2 aromatic heterocycles. The number of piperidine rings is 1. The van der Waals surface area contributed by atoms with Crippen LogP contribution in [0.2, 0.25) is 0 Å². The van der Waals surface area contributed by atoms with E-state index in [4.69, 9.17) is 4.42 Å². The van der Waals surface area contributed by atoms with Crippen LogP contribution in [0.15, 0.2) is 21.2 Å². The molecule has 0 aromatic carbocycles. The van der Waals surface area contributed by atoms with E-state index in [1.165, 1.54) is 0 Å². The molecule has 6 heteroatoms. The van der Waals surface area contributed by atoms with Crippen molar-refractivity contribution in [2.45, 2.75) is 39.2 Å². The van der Waals surface area contributed by atoms with Crippen LogP contribution in [0, 0.1) is 12.8 Å². The number of rotatable bonds is 4. The van der Waals surface area contributed by atoms with Gasteiger partial charge in [0.25, 0.3) is 0 Å². The molecule has 3 heterocycles. The predicted octanol–water partition coefficient (Wildman–Crippen LogP) is 2.87. The summed E-state index contributed by atoms with van der Waals surface area (Å²) in [5.41, 5.74) is 1.67. The number of carbonyl (C=O) groups is 1. The topological polar surface area (TPSA) is 66.6 Å². The van der Waals surface area contributed by atoms with Crippen molar-refractivity contribution in [3.05, 3.63) is 28.3 Å². The molecular weight excluding hydrogens is 312 g/mol. The molecule has 0 radical (unpaired) electrons. The lowest BCUT2D eigenvalue weighted by Gasteiger charge is -2.33. The Morgan fingerprint density at radius 2 is 2.26 bits per heavy atom. The highest BCUT2D eigenvalue weighted by Crippen LogP contribution is 2.25. The number of carbonyl (C=O) groups excluding carboxylic acids is 1. The number of aromatic nitrogens is 1. The molecule has 5 nitrogen and oxygen atoms in total. The first-order valence-electron chi connectivity index (χ1n) is 7.99. The largest absolute Gasteiger partial charge is 0.441 e. The van der Waals surface area contributed by atoms with Crippen LogP contribution in [0.4, 0.5) is 0 Å². The number of hydrogen-bond acceptors (Lipinski definition) is 5. The third-order valence-electron chi connectivity index (χ3n) is 4.55. The first-order chi connectivity index (χ1) is 11.0. The quantitative estimate of drug-likeness (QED) is 0.933. The lowest BCUT2D eigenvalue weighted by atomic mass is 9.92. The van der Waals surface area contributed by atoms with Gasteiger partial charge in [-0.1, -0.05) is 0 Å². The second kappa shape index (κ2) is 6.84. The number of aryl methyl sites for hydroxylation is 1. The maximum Gasteiger partial charge on any atom is 0.228 e. The third-order valence-corrected chi connectivity index (χ3v) is 5.24. The van der Waals surface area contributed by atoms with Crippen molar-refractivity contribution in [2.75, 3.05) is 13.1 Å². The van der Waals surface area contributed by atoms with Crippen molar-refractivity contribution >= 4 is 17.2 Å². The van der Waals surface area contributed by atoms with Crippen LogP contribution in [0.3, 0.4) is 0 Å². The monoisotopic (exact) mass is 334 g/mol. The Hall–Kier alpha value is -1.66. The molecule has 1 aliphatic rings. The van der Waals surface area contributed by atoms with E-state index in [0.29, 0.717) is 36.4 Å². The van der Waals surface area contributed by atoms with Crippen LogP contribution in [0.5, 0.6) is 0 Å². The highest BCUT2D eigenvalue weighted by Gasteiger charge is 2.26. The number of aliphatic hydroxyl groups is 1. The summed E-state index contributed by atoms with van der Waals surface area (Å²) in [5.74, 6) is 1.68. The number of nitrogens with zero attached hydrogens (tertiary/aromatic N) is 2. The summed E-state index contributed by atoms with van der Waals surface area (Å²) in [6.45, 7) is 5.10. The molecular formula is C17H22N2O3S. The van der Waals surface area contributed by atoms with Crippen molar-refractivity contribution in [1.82, 2.24) is 9.88 Å². The summed E-state index contributed by atoms with van der Waals surface area (Å²) >= 11 is 1.59. The van der Waals surface area contributed by atoms with E-state index in [2.05, 4.69) is 4.98 Å². The minimum absolute atomic E-state index is 0.0855. The summed E-state index contributed by atoms with van der Waals surface area (Å²) in [4.78, 5) is 18.8. The molecule has 2 aromatic rings. The zero-order valence-corrected chi connectivity index (χ0v) is 14.3. The Labute approximate surface area is 140 Å². The van der Waals surface area contributed by atoms with Gasteiger partial charge in [-0.25, -0.2) is 4.98 Å². The van der Waals surface area contributed by atoms with E-state index in [9.17, 15) is 9.90 Å². The second-order valence-electron chi connectivity index (χ2n) is 6.17. The van der Waals surface area contributed by atoms with Crippen molar-refractivity contribution in [3.8, 4) is 11.5 Å². The molecule has 0 bridgehead atoms. The van der Waals surface area contributed by atoms with E-state index < -0.39 is 0 Å². The van der Waals surface area contributed by atoms with Gasteiger partial charge in [-0.15, -0.1) is 0 Å². The second-order valence-corrected chi connectivity index (χ2v) is 6.95. The number of thiophene rings is 1. The van der Waals surface area contributed by atoms with E-state index in [0.717, 1.165) is 18.4 Å². The molecule has 124 valence electrons. The lowest BCUT2D eigenvalue weighted by molar-refractivity contribution is -0.132.